The van der Waals surface area contributed by atoms with Gasteiger partial charge in [0.25, 0.3) is 17.0 Å². The number of nitrogens with two attached hydrogens (primary N) is 1. The highest BCUT2D eigenvalue weighted by Crippen LogP contribution is 2.20. The summed E-state index contributed by atoms with van der Waals surface area (Å²) >= 11 is 0. The van der Waals surface area contributed by atoms with Crippen LogP contribution in [0.15, 0.2) is 61.6 Å². The zero-order valence-electron chi connectivity index (χ0n) is 18.4. The minimum Gasteiger partial charge on any atom is -0.383 e. The molecule has 4 aromatic rings. The van der Waals surface area contributed by atoms with Gasteiger partial charge in [-0.25, -0.2) is 14.6 Å². The van der Waals surface area contributed by atoms with E-state index >= 15 is 0 Å². The van der Waals surface area contributed by atoms with E-state index < -0.39 is 28.4 Å². The number of hydrogen-bond donors (Lipinski definition) is 3. The van der Waals surface area contributed by atoms with Crippen molar-refractivity contribution in [2.75, 3.05) is 17.2 Å². The van der Waals surface area contributed by atoms with Crippen molar-refractivity contribution in [3.8, 4) is 0 Å². The number of amides is 1. The minimum absolute atomic E-state index is 0.00609. The van der Waals surface area contributed by atoms with Crippen LogP contribution in [0.25, 0.3) is 11.0 Å². The van der Waals surface area contributed by atoms with Gasteiger partial charge in [-0.1, -0.05) is 30.3 Å². The Kier molecular flexibility index (Phi) is 5.72. The van der Waals surface area contributed by atoms with Crippen LogP contribution in [0, 0.1) is 0 Å². The molecule has 12 heteroatoms. The molecule has 0 saturated carbocycles. The number of benzene rings is 1. The van der Waals surface area contributed by atoms with E-state index in [-0.39, 0.29) is 41.3 Å². The van der Waals surface area contributed by atoms with Gasteiger partial charge in [0.15, 0.2) is 5.69 Å². The molecule has 174 valence electrons. The number of H-pyrrole nitrogens is 2. The van der Waals surface area contributed by atoms with Crippen molar-refractivity contribution in [1.82, 2.24) is 24.1 Å². The number of fused-ring (bicyclic) bond motifs is 1. The van der Waals surface area contributed by atoms with Crippen LogP contribution in [0.3, 0.4) is 0 Å². The van der Waals surface area contributed by atoms with Crippen LogP contribution in [0.5, 0.6) is 0 Å². The molecule has 1 aromatic carbocycles. The number of anilines is 2. The summed E-state index contributed by atoms with van der Waals surface area (Å²) in [5, 5.41) is 0.121. The monoisotopic (exact) mass is 463 g/mol. The second kappa shape index (κ2) is 8.65. The van der Waals surface area contributed by atoms with Crippen molar-refractivity contribution in [3.63, 3.8) is 0 Å². The van der Waals surface area contributed by atoms with Crippen molar-refractivity contribution in [2.24, 2.45) is 7.05 Å². The molecule has 0 aliphatic heterocycles. The maximum absolute atomic E-state index is 13.4. The number of nitrogen functional groups attached to an aromatic ring is 1. The van der Waals surface area contributed by atoms with E-state index in [0.29, 0.717) is 0 Å². The molecule has 0 spiro atoms. The fourth-order valence-electron chi connectivity index (χ4n) is 3.65. The standard InChI is InChI=1S/C22H21N7O5/c1-3-28(20(32)14-10-9-13-17(24-14)27(2)21(33)25-18(13)30)15-16(23)29(22(34)26-19(15)31)11-12-7-5-4-6-8-12/h4-10H,3,11,23H2,1-2H3,(H,25,30,33)(H,26,31,34). The summed E-state index contributed by atoms with van der Waals surface area (Å²) in [7, 11) is 1.40. The third kappa shape index (κ3) is 3.81. The Hall–Kier alpha value is -4.74. The minimum atomic E-state index is -0.827. The third-order valence-corrected chi connectivity index (χ3v) is 5.41. The predicted molar refractivity (Wildman–Crippen MR) is 126 cm³/mol. The molecule has 4 rings (SSSR count). The van der Waals surface area contributed by atoms with E-state index in [4.69, 9.17) is 5.73 Å². The van der Waals surface area contributed by atoms with Crippen molar-refractivity contribution in [2.45, 2.75) is 13.5 Å². The Morgan fingerprint density at radius 1 is 1.00 bits per heavy atom. The number of carbonyl (C=O) groups is 1. The van der Waals surface area contributed by atoms with Crippen LogP contribution < -0.4 is 33.1 Å². The van der Waals surface area contributed by atoms with E-state index in [0.717, 1.165) is 15.0 Å². The van der Waals surface area contributed by atoms with Crippen LogP contribution in [-0.4, -0.2) is 36.5 Å². The lowest BCUT2D eigenvalue weighted by Crippen LogP contribution is -2.41. The first-order valence-electron chi connectivity index (χ1n) is 10.3. The van der Waals surface area contributed by atoms with Crippen LogP contribution in [0.1, 0.15) is 23.0 Å². The SMILES string of the molecule is CCN(C(=O)c1ccc2c(=O)[nH]c(=O)n(C)c2n1)c1c(N)n(Cc2ccccc2)c(=O)[nH]c1=O. The number of pyridine rings is 1. The van der Waals surface area contributed by atoms with Gasteiger partial charge in [-0.15, -0.1) is 0 Å². The van der Waals surface area contributed by atoms with Crippen LogP contribution in [-0.2, 0) is 13.6 Å². The van der Waals surface area contributed by atoms with E-state index in [2.05, 4.69) is 15.0 Å². The van der Waals surface area contributed by atoms with Crippen molar-refractivity contribution in [3.05, 3.63) is 95.4 Å². The molecule has 34 heavy (non-hydrogen) atoms. The van der Waals surface area contributed by atoms with E-state index in [1.165, 1.54) is 23.7 Å². The lowest BCUT2D eigenvalue weighted by Gasteiger charge is -2.23. The molecular formula is C22H21N7O5. The summed E-state index contributed by atoms with van der Waals surface area (Å²) in [5.74, 6) is -0.878. The predicted octanol–water partition coefficient (Wildman–Crippen LogP) is -0.231. The first-order chi connectivity index (χ1) is 16.2. The second-order valence-electron chi connectivity index (χ2n) is 7.50. The molecule has 1 amide bonds. The van der Waals surface area contributed by atoms with Gasteiger partial charge in [0, 0.05) is 13.6 Å². The summed E-state index contributed by atoms with van der Waals surface area (Å²) in [4.78, 5) is 72.2. The van der Waals surface area contributed by atoms with Gasteiger partial charge >= 0.3 is 11.4 Å². The van der Waals surface area contributed by atoms with Gasteiger partial charge in [0.1, 0.15) is 17.2 Å². The highest BCUT2D eigenvalue weighted by molar-refractivity contribution is 6.06. The highest BCUT2D eigenvalue weighted by Gasteiger charge is 2.25. The molecule has 0 saturated heterocycles. The second-order valence-corrected chi connectivity index (χ2v) is 7.50. The Balaban J connectivity index is 1.83. The van der Waals surface area contributed by atoms with Gasteiger partial charge in [0.05, 0.1) is 11.9 Å². The third-order valence-electron chi connectivity index (χ3n) is 5.41. The van der Waals surface area contributed by atoms with Crippen LogP contribution in [0.2, 0.25) is 0 Å². The number of hydrogen-bond acceptors (Lipinski definition) is 7. The van der Waals surface area contributed by atoms with Crippen LogP contribution in [0.4, 0.5) is 11.5 Å². The van der Waals surface area contributed by atoms with E-state index in [1.54, 1.807) is 31.2 Å². The molecule has 0 atom stereocenters. The number of rotatable bonds is 5. The first kappa shape index (κ1) is 22.5. The number of nitrogens with one attached hydrogen (secondary N) is 2. The Bertz CT molecular complexity index is 1650. The smallest absolute Gasteiger partial charge is 0.330 e. The normalized spacial score (nSPS) is 11.0. The molecule has 3 heterocycles. The number of nitrogens with zero attached hydrogens (tertiary/aromatic N) is 4. The van der Waals surface area contributed by atoms with Crippen molar-refractivity contribution >= 4 is 28.4 Å². The van der Waals surface area contributed by atoms with Crippen LogP contribution >= 0.6 is 0 Å². The lowest BCUT2D eigenvalue weighted by atomic mass is 10.2. The quantitative estimate of drug-likeness (QED) is 0.367. The summed E-state index contributed by atoms with van der Waals surface area (Å²) < 4.78 is 2.27. The van der Waals surface area contributed by atoms with E-state index in [9.17, 15) is 24.0 Å². The Morgan fingerprint density at radius 2 is 1.68 bits per heavy atom. The molecular weight excluding hydrogens is 442 g/mol. The average molecular weight is 463 g/mol. The van der Waals surface area contributed by atoms with Gasteiger partial charge in [0.2, 0.25) is 0 Å². The molecule has 0 bridgehead atoms. The van der Waals surface area contributed by atoms with Crippen molar-refractivity contribution < 1.29 is 4.79 Å². The molecule has 4 N–H and O–H groups in total. The zero-order chi connectivity index (χ0) is 24.6. The molecule has 0 aliphatic carbocycles. The Morgan fingerprint density at radius 3 is 2.35 bits per heavy atom. The topological polar surface area (TPSA) is 169 Å². The molecule has 3 aromatic heterocycles. The maximum Gasteiger partial charge on any atom is 0.330 e. The molecule has 0 aliphatic rings. The maximum atomic E-state index is 13.4. The fourth-order valence-corrected chi connectivity index (χ4v) is 3.65. The summed E-state index contributed by atoms with van der Waals surface area (Å²) in [6.07, 6.45) is 0. The largest absolute Gasteiger partial charge is 0.383 e. The summed E-state index contributed by atoms with van der Waals surface area (Å²) in [5.41, 5.74) is 3.82. The molecule has 0 radical (unpaired) electrons. The lowest BCUT2D eigenvalue weighted by molar-refractivity contribution is 0.0983. The Labute approximate surface area is 190 Å². The van der Waals surface area contributed by atoms with Gasteiger partial charge in [-0.05, 0) is 24.6 Å². The van der Waals surface area contributed by atoms with E-state index in [1.807, 2.05) is 6.07 Å². The number of aromatic amines is 2. The fraction of sp³-hybridized carbons (Fsp3) is 0.182. The number of aromatic nitrogens is 5. The van der Waals surface area contributed by atoms with Crippen molar-refractivity contribution in [1.29, 1.82) is 0 Å². The number of aryl methyl sites for hydroxylation is 1. The first-order valence-corrected chi connectivity index (χ1v) is 10.3. The van der Waals surface area contributed by atoms with Gasteiger partial charge in [-0.2, -0.15) is 0 Å². The molecule has 0 fully saturated rings. The average Bonchev–Trinajstić information content (AvgIpc) is 2.82. The number of carbonyl (C=O) groups excluding carboxylic acids is 1. The highest BCUT2D eigenvalue weighted by atomic mass is 16.2. The molecule has 12 nitrogen and oxygen atoms in total. The summed E-state index contributed by atoms with van der Waals surface area (Å²) in [6, 6.07) is 11.7. The summed E-state index contributed by atoms with van der Waals surface area (Å²) in [6.45, 7) is 1.74. The van der Waals surface area contributed by atoms with Gasteiger partial charge in [-0.3, -0.25) is 38.4 Å². The van der Waals surface area contributed by atoms with Gasteiger partial charge < -0.3 is 5.73 Å². The zero-order valence-corrected chi connectivity index (χ0v) is 18.4. The molecule has 0 unspecified atom stereocenters.